The Hall–Kier alpha value is -4.89. The van der Waals surface area contributed by atoms with Crippen molar-refractivity contribution in [3.05, 3.63) is 122 Å². The highest BCUT2D eigenvalue weighted by molar-refractivity contribution is 9.10. The molecule has 1 fully saturated rings. The van der Waals surface area contributed by atoms with Crippen LogP contribution in [0.25, 0.3) is 0 Å². The monoisotopic (exact) mass is 677 g/mol. The van der Waals surface area contributed by atoms with Crippen molar-refractivity contribution in [3.63, 3.8) is 0 Å². The molecule has 0 saturated carbocycles. The molecule has 1 heterocycles. The van der Waals surface area contributed by atoms with Crippen LogP contribution in [-0.2, 0) is 19.2 Å². The molecular formula is C37H28BrNO7. The molecule has 1 N–H and O–H groups in total. The predicted molar refractivity (Wildman–Crippen MR) is 172 cm³/mol. The number of amides is 2. The molecule has 1 aliphatic heterocycles. The first-order chi connectivity index (χ1) is 22.1. The SMILES string of the molecule is COc1cc([C@H]2C3=CC[C@@H]4C(=O)N(c5ccc(C(=O)c6ccccc6)cc5)C(=O)[C@@H]4[C@@H]3CC3=C2C(=O)C(C)=CC3=O)cc(Br)c1O. The zero-order valence-corrected chi connectivity index (χ0v) is 26.5. The van der Waals surface area contributed by atoms with Crippen molar-refractivity contribution >= 4 is 50.8 Å². The predicted octanol–water partition coefficient (Wildman–Crippen LogP) is 6.03. The van der Waals surface area contributed by atoms with Crippen molar-refractivity contribution < 1.29 is 33.8 Å². The topological polar surface area (TPSA) is 118 Å². The van der Waals surface area contributed by atoms with E-state index in [1.54, 1.807) is 67.6 Å². The molecule has 230 valence electrons. The third-order valence-electron chi connectivity index (χ3n) is 9.59. The molecule has 0 radical (unpaired) electrons. The van der Waals surface area contributed by atoms with Crippen LogP contribution in [0, 0.1) is 17.8 Å². The molecule has 4 atom stereocenters. The highest BCUT2D eigenvalue weighted by Crippen LogP contribution is 2.56. The van der Waals surface area contributed by atoms with Gasteiger partial charge in [0.25, 0.3) is 0 Å². The lowest BCUT2D eigenvalue weighted by Gasteiger charge is -2.42. The zero-order chi connectivity index (χ0) is 32.4. The molecular weight excluding hydrogens is 650 g/mol. The number of benzene rings is 3. The van der Waals surface area contributed by atoms with Crippen LogP contribution in [-0.4, -0.2) is 41.4 Å². The molecule has 2 amide bonds. The molecule has 7 rings (SSSR count). The van der Waals surface area contributed by atoms with Crippen molar-refractivity contribution in [2.45, 2.75) is 25.7 Å². The number of imide groups is 1. The number of hydrogen-bond acceptors (Lipinski definition) is 7. The second-order valence-electron chi connectivity index (χ2n) is 12.0. The number of phenolic OH excluding ortho intramolecular Hbond substituents is 1. The number of anilines is 1. The van der Waals surface area contributed by atoms with E-state index in [1.807, 2.05) is 12.1 Å². The molecule has 3 aliphatic carbocycles. The van der Waals surface area contributed by atoms with Gasteiger partial charge in [-0.15, -0.1) is 0 Å². The number of carbonyl (C=O) groups excluding carboxylic acids is 5. The van der Waals surface area contributed by atoms with E-state index in [1.165, 1.54) is 18.1 Å². The van der Waals surface area contributed by atoms with E-state index in [4.69, 9.17) is 4.74 Å². The number of Topliss-reactive ketones (excluding diaryl/α,β-unsaturated/α-hetero) is 1. The Morgan fingerprint density at radius 1 is 0.935 bits per heavy atom. The van der Waals surface area contributed by atoms with Crippen LogP contribution in [0.3, 0.4) is 0 Å². The fourth-order valence-corrected chi connectivity index (χ4v) is 7.89. The first-order valence-corrected chi connectivity index (χ1v) is 15.7. The van der Waals surface area contributed by atoms with Crippen LogP contribution in [0.2, 0.25) is 0 Å². The van der Waals surface area contributed by atoms with Crippen molar-refractivity contribution in [1.29, 1.82) is 0 Å². The van der Waals surface area contributed by atoms with Crippen LogP contribution in [0.15, 0.2) is 106 Å². The van der Waals surface area contributed by atoms with E-state index in [0.29, 0.717) is 43.6 Å². The average molecular weight is 679 g/mol. The fourth-order valence-electron chi connectivity index (χ4n) is 7.43. The van der Waals surface area contributed by atoms with Crippen LogP contribution in [0.4, 0.5) is 5.69 Å². The highest BCUT2D eigenvalue weighted by Gasteiger charge is 2.56. The number of carbonyl (C=O) groups is 5. The van der Waals surface area contributed by atoms with Crippen LogP contribution < -0.4 is 9.64 Å². The molecule has 0 bridgehead atoms. The molecule has 3 aromatic rings. The standard InChI is InChI=1S/C37H28BrNO7/c1-18-14-28(40)26-17-25-23(30(32(26)33(18)41)21-15-27(38)35(43)29(16-21)46-2)12-13-24-31(25)37(45)39(36(24)44)22-10-8-20(9-11-22)34(42)19-6-4-3-5-7-19/h3-12,14-16,24-25,30-31,43H,13,17H2,1-2H3/t24-,25+,30-,31-/m0/s1. The van der Waals surface area contributed by atoms with E-state index in [9.17, 15) is 29.1 Å². The number of nitrogens with zero attached hydrogens (tertiary/aromatic N) is 1. The van der Waals surface area contributed by atoms with E-state index >= 15 is 0 Å². The Morgan fingerprint density at radius 2 is 1.63 bits per heavy atom. The first-order valence-electron chi connectivity index (χ1n) is 14.9. The quantitative estimate of drug-likeness (QED) is 0.152. The Morgan fingerprint density at radius 3 is 2.33 bits per heavy atom. The van der Waals surface area contributed by atoms with Gasteiger partial charge < -0.3 is 9.84 Å². The number of ether oxygens (including phenoxy) is 1. The van der Waals surface area contributed by atoms with Crippen molar-refractivity contribution in [2.75, 3.05) is 12.0 Å². The van der Waals surface area contributed by atoms with Gasteiger partial charge in [-0.2, -0.15) is 0 Å². The van der Waals surface area contributed by atoms with Gasteiger partial charge in [0.15, 0.2) is 28.8 Å². The number of hydrogen-bond donors (Lipinski definition) is 1. The van der Waals surface area contributed by atoms with Gasteiger partial charge >= 0.3 is 0 Å². The number of halogens is 1. The third-order valence-corrected chi connectivity index (χ3v) is 10.2. The summed E-state index contributed by atoms with van der Waals surface area (Å²) in [5, 5.41) is 10.5. The minimum absolute atomic E-state index is 0.101. The largest absolute Gasteiger partial charge is 0.503 e. The lowest BCUT2D eigenvalue weighted by Crippen LogP contribution is -2.39. The number of allylic oxidation sites excluding steroid dienone is 6. The van der Waals surface area contributed by atoms with E-state index in [-0.39, 0.29) is 53.5 Å². The summed E-state index contributed by atoms with van der Waals surface area (Å²) in [6.45, 7) is 1.61. The van der Waals surface area contributed by atoms with Gasteiger partial charge in [-0.25, -0.2) is 0 Å². The average Bonchev–Trinajstić information content (AvgIpc) is 3.33. The smallest absolute Gasteiger partial charge is 0.238 e. The maximum Gasteiger partial charge on any atom is 0.238 e. The minimum Gasteiger partial charge on any atom is -0.503 e. The molecule has 4 aliphatic rings. The van der Waals surface area contributed by atoms with Gasteiger partial charge in [-0.1, -0.05) is 42.0 Å². The first kappa shape index (κ1) is 29.8. The lowest BCUT2D eigenvalue weighted by atomic mass is 9.59. The van der Waals surface area contributed by atoms with Crippen molar-refractivity contribution in [1.82, 2.24) is 0 Å². The summed E-state index contributed by atoms with van der Waals surface area (Å²) < 4.78 is 5.76. The Balaban J connectivity index is 1.27. The summed E-state index contributed by atoms with van der Waals surface area (Å²) in [5.41, 5.74) is 3.79. The van der Waals surface area contributed by atoms with Crippen LogP contribution >= 0.6 is 15.9 Å². The second-order valence-corrected chi connectivity index (χ2v) is 12.9. The van der Waals surface area contributed by atoms with Gasteiger partial charge in [-0.05, 0) is 89.7 Å². The minimum atomic E-state index is -0.743. The summed E-state index contributed by atoms with van der Waals surface area (Å²) in [7, 11) is 1.42. The molecule has 46 heavy (non-hydrogen) atoms. The zero-order valence-electron chi connectivity index (χ0n) is 25.0. The van der Waals surface area contributed by atoms with Crippen LogP contribution in [0.1, 0.15) is 47.2 Å². The fraction of sp³-hybridized carbons (Fsp3) is 0.216. The highest BCUT2D eigenvalue weighted by atomic mass is 79.9. The molecule has 0 spiro atoms. The summed E-state index contributed by atoms with van der Waals surface area (Å²) in [6, 6.07) is 18.6. The number of methoxy groups -OCH3 is 1. The number of aromatic hydroxyl groups is 1. The van der Waals surface area contributed by atoms with Gasteiger partial charge in [0.05, 0.1) is 29.1 Å². The second kappa shape index (κ2) is 11.2. The normalized spacial score (nSPS) is 23.8. The van der Waals surface area contributed by atoms with Crippen molar-refractivity contribution in [3.8, 4) is 11.5 Å². The maximum absolute atomic E-state index is 14.2. The molecule has 0 unspecified atom stereocenters. The summed E-state index contributed by atoms with van der Waals surface area (Å²) in [4.78, 5) is 69.3. The molecule has 3 aromatic carbocycles. The third kappa shape index (κ3) is 4.52. The van der Waals surface area contributed by atoms with Gasteiger partial charge in [-0.3, -0.25) is 28.9 Å². The van der Waals surface area contributed by atoms with E-state index in [2.05, 4.69) is 15.9 Å². The summed E-state index contributed by atoms with van der Waals surface area (Å²) in [5.74, 6) is -3.88. The molecule has 1 saturated heterocycles. The van der Waals surface area contributed by atoms with E-state index in [0.717, 1.165) is 5.57 Å². The Kier molecular flexibility index (Phi) is 7.24. The lowest BCUT2D eigenvalue weighted by molar-refractivity contribution is -0.123. The summed E-state index contributed by atoms with van der Waals surface area (Å²) >= 11 is 3.39. The van der Waals surface area contributed by atoms with Gasteiger partial charge in [0.1, 0.15) is 0 Å². The van der Waals surface area contributed by atoms with Crippen LogP contribution in [0.5, 0.6) is 11.5 Å². The number of phenols is 1. The van der Waals surface area contributed by atoms with Gasteiger partial charge in [0, 0.05) is 33.8 Å². The van der Waals surface area contributed by atoms with Gasteiger partial charge in [0.2, 0.25) is 11.8 Å². The molecule has 0 aromatic heterocycles. The Bertz CT molecular complexity index is 1970. The summed E-state index contributed by atoms with van der Waals surface area (Å²) in [6.07, 6.45) is 3.72. The molecule has 8 nitrogen and oxygen atoms in total. The molecule has 9 heteroatoms. The van der Waals surface area contributed by atoms with E-state index < -0.39 is 23.7 Å². The number of fused-ring (bicyclic) bond motifs is 3. The maximum atomic E-state index is 14.2. The number of rotatable bonds is 5. The Labute approximate surface area is 273 Å². The van der Waals surface area contributed by atoms with Crippen molar-refractivity contribution in [2.24, 2.45) is 17.8 Å². The number of ketones is 3.